The van der Waals surface area contributed by atoms with Gasteiger partial charge in [0.25, 0.3) is 0 Å². The van der Waals surface area contributed by atoms with Crippen molar-refractivity contribution in [2.75, 3.05) is 25.4 Å². The van der Waals surface area contributed by atoms with Crippen LogP contribution in [0.4, 0.5) is 0 Å². The van der Waals surface area contributed by atoms with E-state index in [2.05, 4.69) is 46.4 Å². The maximum atomic E-state index is 12.7. The first-order chi connectivity index (χ1) is 12.0. The zero-order valence-corrected chi connectivity index (χ0v) is 18.5. The van der Waals surface area contributed by atoms with Crippen LogP contribution in [0.25, 0.3) is 0 Å². The number of hydrogen-bond donors (Lipinski definition) is 0. The molecule has 0 aromatic carbocycles. The second kappa shape index (κ2) is 8.53. The molecule has 0 N–H and O–H groups in total. The van der Waals surface area contributed by atoms with Crippen LogP contribution in [0.15, 0.2) is 0 Å². The average molecular weight is 383 g/mol. The van der Waals surface area contributed by atoms with Crippen molar-refractivity contribution in [2.45, 2.75) is 78.5 Å². The van der Waals surface area contributed by atoms with Crippen LogP contribution in [0.5, 0.6) is 0 Å². The van der Waals surface area contributed by atoms with E-state index in [1.165, 1.54) is 0 Å². The summed E-state index contributed by atoms with van der Waals surface area (Å²) in [6.07, 6.45) is 4.19. The minimum atomic E-state index is -0.0558. The fraction of sp³-hybridized carbons (Fsp3) is 0.905. The Hall–Kier alpha value is -0.710. The smallest absolute Gasteiger partial charge is 0.223 e. The van der Waals surface area contributed by atoms with Crippen LogP contribution >= 0.6 is 11.8 Å². The van der Waals surface area contributed by atoms with Crippen LogP contribution in [-0.4, -0.2) is 51.9 Å². The van der Waals surface area contributed by atoms with Gasteiger partial charge in [0.15, 0.2) is 0 Å². The highest BCUT2D eigenvalue weighted by atomic mass is 32.2. The number of rotatable bonds is 5. The fourth-order valence-electron chi connectivity index (χ4n) is 4.48. The third-order valence-electron chi connectivity index (χ3n) is 5.44. The highest BCUT2D eigenvalue weighted by Gasteiger charge is 2.46. The quantitative estimate of drug-likeness (QED) is 0.708. The molecule has 0 aromatic heterocycles. The maximum Gasteiger partial charge on any atom is 0.223 e. The van der Waals surface area contributed by atoms with Crippen LogP contribution in [0, 0.1) is 17.3 Å². The standard InChI is InChI=1S/C21H38N2O2S/c1-16(2)13-19(25)23-11-12-26-21(23)7-9-22(10-8-21)18(24)14-17(3)15-20(4,5)6/h16-17H,7-15H2,1-6H3. The first kappa shape index (κ1) is 21.6. The Balaban J connectivity index is 1.89. The zero-order chi connectivity index (χ0) is 19.5. The van der Waals surface area contributed by atoms with Gasteiger partial charge in [0.05, 0.1) is 4.87 Å². The van der Waals surface area contributed by atoms with E-state index in [0.29, 0.717) is 36.5 Å². The Morgan fingerprint density at radius 2 is 1.62 bits per heavy atom. The van der Waals surface area contributed by atoms with Crippen LogP contribution < -0.4 is 0 Å². The van der Waals surface area contributed by atoms with Crippen molar-refractivity contribution in [3.05, 3.63) is 0 Å². The SMILES string of the molecule is CC(C)CC(=O)N1CCSC12CCN(C(=O)CC(C)CC(C)(C)C)CC2. The third-order valence-corrected chi connectivity index (χ3v) is 7.00. The Morgan fingerprint density at radius 1 is 1.00 bits per heavy atom. The van der Waals surface area contributed by atoms with E-state index in [0.717, 1.165) is 44.6 Å². The number of likely N-dealkylation sites (tertiary alicyclic amines) is 1. The molecule has 26 heavy (non-hydrogen) atoms. The minimum Gasteiger partial charge on any atom is -0.342 e. The molecule has 2 aliphatic rings. The van der Waals surface area contributed by atoms with Gasteiger partial charge in [-0.3, -0.25) is 9.59 Å². The Kier molecular flexibility index (Phi) is 7.09. The van der Waals surface area contributed by atoms with Crippen molar-refractivity contribution >= 4 is 23.6 Å². The van der Waals surface area contributed by atoms with E-state index in [1.54, 1.807) is 0 Å². The van der Waals surface area contributed by atoms with Gasteiger partial charge >= 0.3 is 0 Å². The molecule has 1 unspecified atom stereocenters. The number of thioether (sulfide) groups is 1. The summed E-state index contributed by atoms with van der Waals surface area (Å²) in [7, 11) is 0. The molecule has 2 saturated heterocycles. The highest BCUT2D eigenvalue weighted by molar-refractivity contribution is 8.00. The molecule has 5 heteroatoms. The largest absolute Gasteiger partial charge is 0.342 e. The molecule has 2 amide bonds. The lowest BCUT2D eigenvalue weighted by atomic mass is 9.84. The number of nitrogens with zero attached hydrogens (tertiary/aromatic N) is 2. The normalized spacial score (nSPS) is 21.5. The van der Waals surface area contributed by atoms with E-state index in [4.69, 9.17) is 0 Å². The van der Waals surface area contributed by atoms with E-state index >= 15 is 0 Å². The lowest BCUT2D eigenvalue weighted by Crippen LogP contribution is -2.53. The predicted octanol–water partition coefficient (Wildman–Crippen LogP) is 4.39. The minimum absolute atomic E-state index is 0.0558. The number of carbonyl (C=O) groups excluding carboxylic acids is 2. The molecule has 0 aliphatic carbocycles. The summed E-state index contributed by atoms with van der Waals surface area (Å²) in [5.41, 5.74) is 0.267. The first-order valence-electron chi connectivity index (χ1n) is 10.2. The fourth-order valence-corrected chi connectivity index (χ4v) is 5.96. The summed E-state index contributed by atoms with van der Waals surface area (Å²) in [5.74, 6) is 2.43. The average Bonchev–Trinajstić information content (AvgIpc) is 2.88. The predicted molar refractivity (Wildman–Crippen MR) is 110 cm³/mol. The van der Waals surface area contributed by atoms with Crippen molar-refractivity contribution in [1.29, 1.82) is 0 Å². The van der Waals surface area contributed by atoms with Gasteiger partial charge in [0, 0.05) is 38.2 Å². The van der Waals surface area contributed by atoms with Crippen molar-refractivity contribution in [3.8, 4) is 0 Å². The van der Waals surface area contributed by atoms with Gasteiger partial charge in [-0.2, -0.15) is 0 Å². The molecule has 0 bridgehead atoms. The number of piperidine rings is 1. The number of carbonyl (C=O) groups is 2. The van der Waals surface area contributed by atoms with Crippen molar-refractivity contribution in [3.63, 3.8) is 0 Å². The van der Waals surface area contributed by atoms with Gasteiger partial charge in [0.1, 0.15) is 0 Å². The summed E-state index contributed by atoms with van der Waals surface area (Å²) in [6, 6.07) is 0. The van der Waals surface area contributed by atoms with Gasteiger partial charge in [-0.1, -0.05) is 41.5 Å². The zero-order valence-electron chi connectivity index (χ0n) is 17.6. The molecular formula is C21H38N2O2S. The second-order valence-corrected chi connectivity index (χ2v) is 11.3. The molecule has 2 rings (SSSR count). The van der Waals surface area contributed by atoms with Gasteiger partial charge in [-0.25, -0.2) is 0 Å². The molecular weight excluding hydrogens is 344 g/mol. The number of amides is 2. The van der Waals surface area contributed by atoms with E-state index < -0.39 is 0 Å². The van der Waals surface area contributed by atoms with Crippen LogP contribution in [-0.2, 0) is 9.59 Å². The lowest BCUT2D eigenvalue weighted by molar-refractivity contribution is -0.138. The Morgan fingerprint density at radius 3 is 2.15 bits per heavy atom. The van der Waals surface area contributed by atoms with Gasteiger partial charge in [-0.15, -0.1) is 11.8 Å². The molecule has 0 radical (unpaired) electrons. The number of hydrogen-bond acceptors (Lipinski definition) is 3. The van der Waals surface area contributed by atoms with Crippen molar-refractivity contribution < 1.29 is 9.59 Å². The van der Waals surface area contributed by atoms with Crippen molar-refractivity contribution in [2.24, 2.45) is 17.3 Å². The molecule has 1 spiro atoms. The lowest BCUT2D eigenvalue weighted by Gasteiger charge is -2.44. The molecule has 0 aromatic rings. The summed E-state index contributed by atoms with van der Waals surface area (Å²) < 4.78 is 0. The van der Waals surface area contributed by atoms with Gasteiger partial charge in [0.2, 0.25) is 11.8 Å². The van der Waals surface area contributed by atoms with Crippen LogP contribution in [0.3, 0.4) is 0 Å². The summed E-state index contributed by atoms with van der Waals surface area (Å²) in [6.45, 7) is 15.6. The van der Waals surface area contributed by atoms with Gasteiger partial charge in [-0.05, 0) is 36.5 Å². The Bertz CT molecular complexity index is 505. The topological polar surface area (TPSA) is 40.6 Å². The summed E-state index contributed by atoms with van der Waals surface area (Å²) in [4.78, 5) is 29.5. The van der Waals surface area contributed by atoms with Gasteiger partial charge < -0.3 is 9.80 Å². The first-order valence-corrected chi connectivity index (χ1v) is 11.2. The molecule has 2 aliphatic heterocycles. The molecule has 0 saturated carbocycles. The second-order valence-electron chi connectivity index (χ2n) is 9.89. The molecule has 4 nitrogen and oxygen atoms in total. The maximum absolute atomic E-state index is 12.7. The van der Waals surface area contributed by atoms with Crippen LogP contribution in [0.2, 0.25) is 0 Å². The summed E-state index contributed by atoms with van der Waals surface area (Å²) in [5, 5.41) is 0. The molecule has 150 valence electrons. The monoisotopic (exact) mass is 382 g/mol. The van der Waals surface area contributed by atoms with Crippen molar-refractivity contribution in [1.82, 2.24) is 9.80 Å². The summed E-state index contributed by atoms with van der Waals surface area (Å²) >= 11 is 1.93. The van der Waals surface area contributed by atoms with Crippen LogP contribution in [0.1, 0.15) is 73.6 Å². The molecule has 2 heterocycles. The highest BCUT2D eigenvalue weighted by Crippen LogP contribution is 2.44. The Labute approximate surface area is 164 Å². The van der Waals surface area contributed by atoms with E-state index in [-0.39, 0.29) is 10.3 Å². The molecule has 1 atom stereocenters. The third kappa shape index (κ3) is 5.64. The van der Waals surface area contributed by atoms with E-state index in [9.17, 15) is 9.59 Å². The van der Waals surface area contributed by atoms with E-state index in [1.807, 2.05) is 16.7 Å². The molecule has 2 fully saturated rings.